The number of hydrogen-bond donors (Lipinski definition) is 0. The van der Waals surface area contributed by atoms with Gasteiger partial charge in [-0.2, -0.15) is 0 Å². The fourth-order valence-corrected chi connectivity index (χ4v) is 3.38. The Labute approximate surface area is 158 Å². The van der Waals surface area contributed by atoms with Crippen LogP contribution in [0.2, 0.25) is 0 Å². The highest BCUT2D eigenvalue weighted by atomic mass is 16.5. The van der Waals surface area contributed by atoms with E-state index in [1.807, 2.05) is 12.1 Å². The highest BCUT2D eigenvalue weighted by molar-refractivity contribution is 5.96. The third kappa shape index (κ3) is 3.16. The number of nitrogens with zero attached hydrogens (tertiary/aromatic N) is 1. The van der Waals surface area contributed by atoms with Crippen LogP contribution in [-0.4, -0.2) is 33.0 Å². The summed E-state index contributed by atoms with van der Waals surface area (Å²) in [6, 6.07) is 7.22. The Morgan fingerprint density at radius 2 is 1.15 bits per heavy atom. The Hall–Kier alpha value is -2.89. The molecule has 0 bridgehead atoms. The smallest absolute Gasteiger partial charge is 0.197 e. The molecule has 0 unspecified atom stereocenters. The van der Waals surface area contributed by atoms with Crippen molar-refractivity contribution in [2.45, 2.75) is 26.3 Å². The van der Waals surface area contributed by atoms with Crippen molar-refractivity contribution in [1.29, 1.82) is 0 Å². The van der Waals surface area contributed by atoms with Crippen LogP contribution in [0, 0.1) is 0 Å². The lowest BCUT2D eigenvalue weighted by atomic mass is 10.1. The second kappa shape index (κ2) is 7.78. The molecule has 6 heteroatoms. The highest BCUT2D eigenvalue weighted by Gasteiger charge is 2.17. The molecular formula is C21H25NO5. The molecule has 144 valence electrons. The first-order valence-electron chi connectivity index (χ1n) is 8.93. The van der Waals surface area contributed by atoms with Crippen LogP contribution in [-0.2, 0) is 6.54 Å². The zero-order valence-corrected chi connectivity index (χ0v) is 16.4. The van der Waals surface area contributed by atoms with E-state index in [0.29, 0.717) is 33.8 Å². The van der Waals surface area contributed by atoms with E-state index in [1.165, 1.54) is 0 Å². The fraction of sp³-hybridized carbons (Fsp3) is 0.381. The maximum Gasteiger partial charge on any atom is 0.197 e. The Bertz CT molecular complexity index is 963. The first-order chi connectivity index (χ1) is 13.1. The Balaban J connectivity index is 2.49. The summed E-state index contributed by atoms with van der Waals surface area (Å²) in [5.74, 6) is 2.25. The molecule has 0 atom stereocenters. The summed E-state index contributed by atoms with van der Waals surface area (Å²) in [5, 5.41) is 1.17. The Kier molecular flexibility index (Phi) is 5.44. The van der Waals surface area contributed by atoms with Gasteiger partial charge in [0.2, 0.25) is 0 Å². The van der Waals surface area contributed by atoms with E-state index in [1.54, 1.807) is 40.6 Å². The van der Waals surface area contributed by atoms with Crippen molar-refractivity contribution in [3.8, 4) is 23.0 Å². The summed E-state index contributed by atoms with van der Waals surface area (Å²) in [5.41, 5.74) is 1.55. The van der Waals surface area contributed by atoms with Gasteiger partial charge in [-0.3, -0.25) is 4.79 Å². The van der Waals surface area contributed by atoms with Crippen molar-refractivity contribution in [3.05, 3.63) is 34.5 Å². The molecular weight excluding hydrogens is 346 g/mol. The van der Waals surface area contributed by atoms with Crippen LogP contribution in [0.3, 0.4) is 0 Å². The lowest BCUT2D eigenvalue weighted by molar-refractivity contribution is 0.355. The minimum absolute atomic E-state index is 0.0744. The number of methoxy groups -OCH3 is 4. The molecule has 6 nitrogen and oxygen atoms in total. The standard InChI is InChI=1S/C21H25NO5/c1-6-7-8-22-15-11-19(26-4)17(24-2)9-13(15)21(23)14-10-18(25-3)20(27-5)12-16(14)22/h9-12H,6-8H2,1-5H3. The molecule has 0 aliphatic carbocycles. The van der Waals surface area contributed by atoms with Crippen LogP contribution >= 0.6 is 0 Å². The molecule has 0 fully saturated rings. The van der Waals surface area contributed by atoms with E-state index in [4.69, 9.17) is 18.9 Å². The minimum atomic E-state index is -0.0744. The number of aryl methyl sites for hydroxylation is 1. The van der Waals surface area contributed by atoms with Crippen molar-refractivity contribution in [1.82, 2.24) is 4.57 Å². The first kappa shape index (κ1) is 18.9. The van der Waals surface area contributed by atoms with Gasteiger partial charge in [0.15, 0.2) is 28.4 Å². The molecule has 1 heterocycles. The Morgan fingerprint density at radius 1 is 0.741 bits per heavy atom. The molecule has 0 aliphatic heterocycles. The molecule has 0 radical (unpaired) electrons. The van der Waals surface area contributed by atoms with Crippen LogP contribution in [0.1, 0.15) is 19.8 Å². The number of hydrogen-bond acceptors (Lipinski definition) is 5. The summed E-state index contributed by atoms with van der Waals surface area (Å²) in [4.78, 5) is 13.2. The van der Waals surface area contributed by atoms with Gasteiger partial charge in [-0.05, 0) is 18.6 Å². The summed E-state index contributed by atoms with van der Waals surface area (Å²) in [6.45, 7) is 2.91. The molecule has 2 aromatic carbocycles. The van der Waals surface area contributed by atoms with E-state index < -0.39 is 0 Å². The molecule has 0 spiro atoms. The van der Waals surface area contributed by atoms with Crippen molar-refractivity contribution in [3.63, 3.8) is 0 Å². The van der Waals surface area contributed by atoms with Gasteiger partial charge in [-0.15, -0.1) is 0 Å². The normalized spacial score (nSPS) is 11.0. The van der Waals surface area contributed by atoms with E-state index in [-0.39, 0.29) is 5.43 Å². The van der Waals surface area contributed by atoms with Gasteiger partial charge < -0.3 is 23.5 Å². The van der Waals surface area contributed by atoms with E-state index >= 15 is 0 Å². The van der Waals surface area contributed by atoms with Crippen LogP contribution in [0.5, 0.6) is 23.0 Å². The molecule has 0 N–H and O–H groups in total. The maximum atomic E-state index is 13.2. The SMILES string of the molecule is CCCCn1c2cc(OC)c(OC)cc2c(=O)c2cc(OC)c(OC)cc21. The molecule has 0 saturated heterocycles. The highest BCUT2D eigenvalue weighted by Crippen LogP contribution is 2.36. The van der Waals surface area contributed by atoms with E-state index in [0.717, 1.165) is 30.4 Å². The van der Waals surface area contributed by atoms with Crippen LogP contribution < -0.4 is 24.4 Å². The zero-order chi connectivity index (χ0) is 19.6. The van der Waals surface area contributed by atoms with Gasteiger partial charge in [-0.1, -0.05) is 13.3 Å². The molecule has 0 aliphatic rings. The summed E-state index contributed by atoms with van der Waals surface area (Å²) >= 11 is 0. The van der Waals surface area contributed by atoms with Crippen molar-refractivity contribution >= 4 is 21.8 Å². The topological polar surface area (TPSA) is 58.9 Å². The third-order valence-corrected chi connectivity index (χ3v) is 4.81. The number of benzene rings is 2. The molecule has 1 aromatic heterocycles. The quantitative estimate of drug-likeness (QED) is 0.588. The van der Waals surface area contributed by atoms with E-state index in [2.05, 4.69) is 11.5 Å². The zero-order valence-electron chi connectivity index (χ0n) is 16.4. The largest absolute Gasteiger partial charge is 0.493 e. The summed E-state index contributed by atoms with van der Waals surface area (Å²) in [7, 11) is 6.31. The van der Waals surface area contributed by atoms with Gasteiger partial charge in [0.05, 0.1) is 50.2 Å². The first-order valence-corrected chi connectivity index (χ1v) is 8.93. The number of fused-ring (bicyclic) bond motifs is 2. The maximum absolute atomic E-state index is 13.2. The number of pyridine rings is 1. The predicted molar refractivity (Wildman–Crippen MR) is 107 cm³/mol. The van der Waals surface area contributed by atoms with Gasteiger partial charge in [0.25, 0.3) is 0 Å². The van der Waals surface area contributed by atoms with Gasteiger partial charge >= 0.3 is 0 Å². The number of rotatable bonds is 7. The fourth-order valence-electron chi connectivity index (χ4n) is 3.38. The molecule has 0 amide bonds. The van der Waals surface area contributed by atoms with E-state index in [9.17, 15) is 4.79 Å². The van der Waals surface area contributed by atoms with Crippen molar-refractivity contribution in [2.24, 2.45) is 0 Å². The molecule has 3 rings (SSSR count). The number of aromatic nitrogens is 1. The predicted octanol–water partition coefficient (Wildman–Crippen LogP) is 3.99. The third-order valence-electron chi connectivity index (χ3n) is 4.81. The number of ether oxygens (including phenoxy) is 4. The second-order valence-electron chi connectivity index (χ2n) is 6.28. The van der Waals surface area contributed by atoms with Gasteiger partial charge in [0.1, 0.15) is 0 Å². The average Bonchev–Trinajstić information content (AvgIpc) is 2.71. The van der Waals surface area contributed by atoms with Crippen LogP contribution in [0.25, 0.3) is 21.8 Å². The molecule has 27 heavy (non-hydrogen) atoms. The van der Waals surface area contributed by atoms with Crippen LogP contribution in [0.4, 0.5) is 0 Å². The summed E-state index contributed by atoms with van der Waals surface area (Å²) < 4.78 is 23.8. The minimum Gasteiger partial charge on any atom is -0.493 e. The number of unbranched alkanes of at least 4 members (excludes halogenated alkanes) is 1. The lowest BCUT2D eigenvalue weighted by Gasteiger charge is -2.18. The van der Waals surface area contributed by atoms with Crippen LogP contribution in [0.15, 0.2) is 29.1 Å². The Morgan fingerprint density at radius 3 is 1.52 bits per heavy atom. The van der Waals surface area contributed by atoms with Crippen molar-refractivity contribution in [2.75, 3.05) is 28.4 Å². The molecule has 3 aromatic rings. The lowest BCUT2D eigenvalue weighted by Crippen LogP contribution is -2.13. The average molecular weight is 371 g/mol. The summed E-state index contributed by atoms with van der Waals surface area (Å²) in [6.07, 6.45) is 2.02. The van der Waals surface area contributed by atoms with Crippen molar-refractivity contribution < 1.29 is 18.9 Å². The van der Waals surface area contributed by atoms with Gasteiger partial charge in [-0.25, -0.2) is 0 Å². The monoisotopic (exact) mass is 371 g/mol. The van der Waals surface area contributed by atoms with Gasteiger partial charge in [0, 0.05) is 18.7 Å². The molecule has 0 saturated carbocycles. The second-order valence-corrected chi connectivity index (χ2v) is 6.28.